The summed E-state index contributed by atoms with van der Waals surface area (Å²) in [7, 11) is 0. The lowest BCUT2D eigenvalue weighted by molar-refractivity contribution is -0.138. The van der Waals surface area contributed by atoms with Crippen LogP contribution in [-0.2, 0) is 9.53 Å². The van der Waals surface area contributed by atoms with E-state index in [-0.39, 0.29) is 5.91 Å². The highest BCUT2D eigenvalue weighted by Gasteiger charge is 2.26. The van der Waals surface area contributed by atoms with Crippen LogP contribution in [0.3, 0.4) is 0 Å². The number of anilines is 1. The second kappa shape index (κ2) is 5.94. The number of rotatable bonds is 3. The van der Waals surface area contributed by atoms with Gasteiger partial charge in [0.25, 0.3) is 5.91 Å². The maximum atomic E-state index is 12.1. The van der Waals surface area contributed by atoms with E-state index in [0.29, 0.717) is 11.3 Å². The Balaban J connectivity index is 2.03. The SMILES string of the molecule is Cc1ccc(N)c(C(=O)OC(C)C(=O)N2CCCC2)c1. The lowest BCUT2D eigenvalue weighted by Crippen LogP contribution is -2.38. The van der Waals surface area contributed by atoms with Gasteiger partial charge in [0, 0.05) is 18.8 Å². The van der Waals surface area contributed by atoms with Crippen molar-refractivity contribution in [2.75, 3.05) is 18.8 Å². The summed E-state index contributed by atoms with van der Waals surface area (Å²) in [4.78, 5) is 25.9. The van der Waals surface area contributed by atoms with E-state index in [1.54, 1.807) is 24.0 Å². The normalized spacial score (nSPS) is 16.0. The third-order valence-electron chi connectivity index (χ3n) is 3.48. The molecule has 2 N–H and O–H groups in total. The van der Waals surface area contributed by atoms with E-state index in [4.69, 9.17) is 10.5 Å². The number of nitrogen functional groups attached to an aromatic ring is 1. The molecular formula is C15H20N2O3. The zero-order chi connectivity index (χ0) is 14.7. The number of carbonyl (C=O) groups excluding carboxylic acids is 2. The van der Waals surface area contributed by atoms with E-state index in [2.05, 4.69) is 0 Å². The molecule has 1 amide bonds. The molecule has 0 aromatic heterocycles. The summed E-state index contributed by atoms with van der Waals surface area (Å²) in [6.45, 7) is 4.96. The number of nitrogens with zero attached hydrogens (tertiary/aromatic N) is 1. The predicted molar refractivity (Wildman–Crippen MR) is 76.3 cm³/mol. The van der Waals surface area contributed by atoms with Crippen LogP contribution in [0, 0.1) is 6.92 Å². The average Bonchev–Trinajstić information content (AvgIpc) is 2.94. The van der Waals surface area contributed by atoms with Crippen molar-refractivity contribution >= 4 is 17.6 Å². The molecule has 0 saturated carbocycles. The van der Waals surface area contributed by atoms with Gasteiger partial charge in [0.2, 0.25) is 0 Å². The van der Waals surface area contributed by atoms with E-state index >= 15 is 0 Å². The van der Waals surface area contributed by atoms with Crippen molar-refractivity contribution in [3.63, 3.8) is 0 Å². The molecule has 0 spiro atoms. The zero-order valence-corrected chi connectivity index (χ0v) is 11.9. The van der Waals surface area contributed by atoms with Crippen molar-refractivity contribution in [2.45, 2.75) is 32.8 Å². The highest BCUT2D eigenvalue weighted by atomic mass is 16.5. The van der Waals surface area contributed by atoms with Crippen molar-refractivity contribution in [2.24, 2.45) is 0 Å². The summed E-state index contributed by atoms with van der Waals surface area (Å²) in [5.41, 5.74) is 7.36. The monoisotopic (exact) mass is 276 g/mol. The molecular weight excluding hydrogens is 256 g/mol. The van der Waals surface area contributed by atoms with Crippen LogP contribution >= 0.6 is 0 Å². The molecule has 0 bridgehead atoms. The number of ether oxygens (including phenoxy) is 1. The van der Waals surface area contributed by atoms with Gasteiger partial charge in [-0.1, -0.05) is 11.6 Å². The quantitative estimate of drug-likeness (QED) is 0.674. The van der Waals surface area contributed by atoms with Crippen LogP contribution in [0.4, 0.5) is 5.69 Å². The molecule has 20 heavy (non-hydrogen) atoms. The summed E-state index contributed by atoms with van der Waals surface area (Å²) >= 11 is 0. The van der Waals surface area contributed by atoms with Crippen molar-refractivity contribution in [3.8, 4) is 0 Å². The molecule has 5 nitrogen and oxygen atoms in total. The van der Waals surface area contributed by atoms with Gasteiger partial charge in [-0.3, -0.25) is 4.79 Å². The molecule has 1 fully saturated rings. The smallest absolute Gasteiger partial charge is 0.341 e. The van der Waals surface area contributed by atoms with Gasteiger partial charge in [0.05, 0.1) is 5.56 Å². The van der Waals surface area contributed by atoms with E-state index < -0.39 is 12.1 Å². The zero-order valence-electron chi connectivity index (χ0n) is 11.9. The van der Waals surface area contributed by atoms with Gasteiger partial charge in [-0.05, 0) is 38.8 Å². The Kier molecular flexibility index (Phi) is 4.27. The fourth-order valence-corrected chi connectivity index (χ4v) is 2.32. The lowest BCUT2D eigenvalue weighted by Gasteiger charge is -2.20. The second-order valence-electron chi connectivity index (χ2n) is 5.17. The first-order valence-electron chi connectivity index (χ1n) is 6.85. The number of amides is 1. The number of carbonyl (C=O) groups is 2. The summed E-state index contributed by atoms with van der Waals surface area (Å²) in [6.07, 6.45) is 1.24. The highest BCUT2D eigenvalue weighted by molar-refractivity contribution is 5.97. The van der Waals surface area contributed by atoms with Gasteiger partial charge >= 0.3 is 5.97 Å². The number of benzene rings is 1. The molecule has 1 atom stereocenters. The number of esters is 1. The van der Waals surface area contributed by atoms with Crippen LogP contribution in [0.1, 0.15) is 35.7 Å². The van der Waals surface area contributed by atoms with Crippen LogP contribution < -0.4 is 5.73 Å². The maximum absolute atomic E-state index is 12.1. The second-order valence-corrected chi connectivity index (χ2v) is 5.17. The summed E-state index contributed by atoms with van der Waals surface area (Å²) < 4.78 is 5.24. The first-order valence-corrected chi connectivity index (χ1v) is 6.85. The minimum atomic E-state index is -0.777. The summed E-state index contributed by atoms with van der Waals surface area (Å²) in [5.74, 6) is -0.687. The number of nitrogens with two attached hydrogens (primary N) is 1. The Morgan fingerprint density at radius 1 is 1.30 bits per heavy atom. The predicted octanol–water partition coefficient (Wildman–Crippen LogP) is 1.74. The van der Waals surface area contributed by atoms with Crippen molar-refractivity contribution < 1.29 is 14.3 Å². The summed E-state index contributed by atoms with van der Waals surface area (Å²) in [6, 6.07) is 5.16. The van der Waals surface area contributed by atoms with E-state index in [0.717, 1.165) is 31.5 Å². The van der Waals surface area contributed by atoms with Crippen molar-refractivity contribution in [1.82, 2.24) is 4.90 Å². The topological polar surface area (TPSA) is 72.6 Å². The molecule has 2 rings (SSSR count). The van der Waals surface area contributed by atoms with Crippen LogP contribution in [0.5, 0.6) is 0 Å². The molecule has 1 aromatic carbocycles. The molecule has 1 aromatic rings. The lowest BCUT2D eigenvalue weighted by atomic mass is 10.1. The van der Waals surface area contributed by atoms with Crippen LogP contribution in [0.25, 0.3) is 0 Å². The van der Waals surface area contributed by atoms with E-state index in [1.165, 1.54) is 0 Å². The Morgan fingerprint density at radius 3 is 2.60 bits per heavy atom. The standard InChI is InChI=1S/C15H20N2O3/c1-10-5-6-13(16)12(9-10)15(19)20-11(2)14(18)17-7-3-4-8-17/h5-6,9,11H,3-4,7-8,16H2,1-2H3. The third-order valence-corrected chi connectivity index (χ3v) is 3.48. The van der Waals surface area contributed by atoms with Gasteiger partial charge in [0.15, 0.2) is 6.10 Å². The van der Waals surface area contributed by atoms with Crippen LogP contribution in [0.15, 0.2) is 18.2 Å². The molecule has 1 aliphatic rings. The molecule has 5 heteroatoms. The van der Waals surface area contributed by atoms with Gasteiger partial charge in [0.1, 0.15) is 0 Å². The molecule has 0 aliphatic carbocycles. The minimum absolute atomic E-state index is 0.137. The molecule has 0 radical (unpaired) electrons. The Morgan fingerprint density at radius 2 is 1.95 bits per heavy atom. The average molecular weight is 276 g/mol. The number of aryl methyl sites for hydroxylation is 1. The van der Waals surface area contributed by atoms with Crippen LogP contribution in [0.2, 0.25) is 0 Å². The first-order chi connectivity index (χ1) is 9.49. The fourth-order valence-electron chi connectivity index (χ4n) is 2.32. The van der Waals surface area contributed by atoms with Crippen molar-refractivity contribution in [3.05, 3.63) is 29.3 Å². The van der Waals surface area contributed by atoms with Crippen LogP contribution in [-0.4, -0.2) is 36.0 Å². The Bertz CT molecular complexity index is 522. The highest BCUT2D eigenvalue weighted by Crippen LogP contribution is 2.17. The van der Waals surface area contributed by atoms with Gasteiger partial charge in [-0.2, -0.15) is 0 Å². The molecule has 1 unspecified atom stereocenters. The number of hydrogen-bond acceptors (Lipinski definition) is 4. The maximum Gasteiger partial charge on any atom is 0.341 e. The van der Waals surface area contributed by atoms with Gasteiger partial charge < -0.3 is 15.4 Å². The van der Waals surface area contributed by atoms with Gasteiger partial charge in [-0.15, -0.1) is 0 Å². The number of likely N-dealkylation sites (tertiary alicyclic amines) is 1. The Labute approximate surface area is 118 Å². The summed E-state index contributed by atoms with van der Waals surface area (Å²) in [5, 5.41) is 0. The minimum Gasteiger partial charge on any atom is -0.449 e. The number of hydrogen-bond donors (Lipinski definition) is 1. The third kappa shape index (κ3) is 3.10. The molecule has 108 valence electrons. The largest absolute Gasteiger partial charge is 0.449 e. The van der Waals surface area contributed by atoms with Gasteiger partial charge in [-0.25, -0.2) is 4.79 Å². The van der Waals surface area contributed by atoms with E-state index in [9.17, 15) is 9.59 Å². The van der Waals surface area contributed by atoms with Crippen molar-refractivity contribution in [1.29, 1.82) is 0 Å². The first kappa shape index (κ1) is 14.4. The molecule has 1 heterocycles. The Hall–Kier alpha value is -2.04. The molecule has 1 aliphatic heterocycles. The van der Waals surface area contributed by atoms with E-state index in [1.807, 2.05) is 13.0 Å². The molecule has 1 saturated heterocycles. The fraction of sp³-hybridized carbons (Fsp3) is 0.467.